The van der Waals surface area contributed by atoms with Crippen LogP contribution in [-0.4, -0.2) is 11.2 Å². The highest BCUT2D eigenvalue weighted by Gasteiger charge is 2.09. The molecular formula is C10H11NO3. The lowest BCUT2D eigenvalue weighted by atomic mass is 9.98. The summed E-state index contributed by atoms with van der Waals surface area (Å²) in [4.78, 5) is 20.3. The molecule has 0 amide bonds. The van der Waals surface area contributed by atoms with E-state index in [1.807, 2.05) is 6.92 Å². The van der Waals surface area contributed by atoms with Gasteiger partial charge in [-0.25, -0.2) is 0 Å². The molecule has 0 heterocycles. The van der Waals surface area contributed by atoms with Crippen LogP contribution in [0.25, 0.3) is 0 Å². The zero-order chi connectivity index (χ0) is 10.6. The predicted molar refractivity (Wildman–Crippen MR) is 52.2 cm³/mol. The van der Waals surface area contributed by atoms with E-state index in [2.05, 4.69) is 0 Å². The van der Waals surface area contributed by atoms with Crippen molar-refractivity contribution in [3.63, 3.8) is 0 Å². The Kier molecular flexibility index (Phi) is 3.34. The van der Waals surface area contributed by atoms with E-state index in [-0.39, 0.29) is 11.6 Å². The van der Waals surface area contributed by atoms with Crippen molar-refractivity contribution in [1.82, 2.24) is 0 Å². The number of rotatable bonds is 4. The molecule has 0 spiro atoms. The van der Waals surface area contributed by atoms with Gasteiger partial charge in [-0.05, 0) is 11.5 Å². The van der Waals surface area contributed by atoms with Crippen LogP contribution in [0.15, 0.2) is 24.3 Å². The fourth-order valence-corrected chi connectivity index (χ4v) is 1.23. The molecule has 14 heavy (non-hydrogen) atoms. The van der Waals surface area contributed by atoms with Crippen LogP contribution in [0.4, 0.5) is 5.69 Å². The zero-order valence-corrected chi connectivity index (χ0v) is 7.84. The first-order valence-corrected chi connectivity index (χ1v) is 4.33. The minimum absolute atomic E-state index is 0.0346. The van der Waals surface area contributed by atoms with E-state index >= 15 is 0 Å². The van der Waals surface area contributed by atoms with Crippen molar-refractivity contribution in [1.29, 1.82) is 0 Å². The smallest absolute Gasteiger partial charge is 0.269 e. The Hall–Kier alpha value is -1.71. The second-order valence-corrected chi connectivity index (χ2v) is 3.16. The van der Waals surface area contributed by atoms with Gasteiger partial charge in [0.2, 0.25) is 0 Å². The molecule has 74 valence electrons. The first kappa shape index (κ1) is 10.4. The number of hydrogen-bond acceptors (Lipinski definition) is 3. The van der Waals surface area contributed by atoms with E-state index in [0.717, 1.165) is 11.8 Å². The standard InChI is InChI=1S/C10H11NO3/c1-8(5-6-12)9-3-2-4-10(7-9)11(13)14/h2-4,6-8H,5H2,1H3. The second kappa shape index (κ2) is 4.50. The summed E-state index contributed by atoms with van der Waals surface area (Å²) in [5.41, 5.74) is 0.895. The minimum Gasteiger partial charge on any atom is -0.303 e. The molecule has 4 nitrogen and oxygen atoms in total. The summed E-state index contributed by atoms with van der Waals surface area (Å²) in [5.74, 6) is 0.0346. The van der Waals surface area contributed by atoms with E-state index in [0.29, 0.717) is 6.42 Å². The van der Waals surface area contributed by atoms with Crippen molar-refractivity contribution < 1.29 is 9.72 Å². The van der Waals surface area contributed by atoms with Crippen LogP contribution in [0, 0.1) is 10.1 Å². The maximum atomic E-state index is 10.5. The highest BCUT2D eigenvalue weighted by Crippen LogP contribution is 2.22. The summed E-state index contributed by atoms with van der Waals surface area (Å²) in [6, 6.07) is 6.38. The van der Waals surface area contributed by atoms with Gasteiger partial charge in [-0.3, -0.25) is 10.1 Å². The number of aldehydes is 1. The number of benzene rings is 1. The summed E-state index contributed by atoms with van der Waals surface area (Å²) < 4.78 is 0. The summed E-state index contributed by atoms with van der Waals surface area (Å²) in [6.45, 7) is 1.87. The third kappa shape index (κ3) is 2.39. The summed E-state index contributed by atoms with van der Waals surface area (Å²) in [6.07, 6.45) is 1.21. The largest absolute Gasteiger partial charge is 0.303 e. The van der Waals surface area contributed by atoms with Crippen LogP contribution in [-0.2, 0) is 4.79 Å². The Balaban J connectivity index is 2.93. The molecular weight excluding hydrogens is 182 g/mol. The molecule has 0 aliphatic carbocycles. The fraction of sp³-hybridized carbons (Fsp3) is 0.300. The third-order valence-electron chi connectivity index (χ3n) is 2.10. The molecule has 4 heteroatoms. The minimum atomic E-state index is -0.433. The normalized spacial score (nSPS) is 12.1. The SMILES string of the molecule is CC(CC=O)c1cccc([N+](=O)[O-])c1. The van der Waals surface area contributed by atoms with Crippen LogP contribution >= 0.6 is 0 Å². The van der Waals surface area contributed by atoms with Crippen LogP contribution in [0.2, 0.25) is 0 Å². The van der Waals surface area contributed by atoms with Gasteiger partial charge in [0, 0.05) is 18.6 Å². The van der Waals surface area contributed by atoms with Gasteiger partial charge in [-0.1, -0.05) is 19.1 Å². The Labute approximate surface area is 81.7 Å². The number of hydrogen-bond donors (Lipinski definition) is 0. The molecule has 1 rings (SSSR count). The molecule has 0 aliphatic rings. The van der Waals surface area contributed by atoms with Crippen molar-refractivity contribution in [2.75, 3.05) is 0 Å². The quantitative estimate of drug-likeness (QED) is 0.418. The Morgan fingerprint density at radius 1 is 1.57 bits per heavy atom. The van der Waals surface area contributed by atoms with Gasteiger partial charge in [-0.2, -0.15) is 0 Å². The summed E-state index contributed by atoms with van der Waals surface area (Å²) in [5, 5.41) is 10.5. The topological polar surface area (TPSA) is 60.2 Å². The molecule has 0 saturated heterocycles. The highest BCUT2D eigenvalue weighted by atomic mass is 16.6. The molecule has 0 aliphatic heterocycles. The molecule has 1 aromatic rings. The van der Waals surface area contributed by atoms with Crippen molar-refractivity contribution in [2.24, 2.45) is 0 Å². The number of nitro benzene ring substituents is 1. The van der Waals surface area contributed by atoms with Gasteiger partial charge in [0.1, 0.15) is 6.29 Å². The van der Waals surface area contributed by atoms with Crippen LogP contribution in [0.1, 0.15) is 24.8 Å². The number of carbonyl (C=O) groups is 1. The van der Waals surface area contributed by atoms with Gasteiger partial charge in [0.05, 0.1) is 4.92 Å². The maximum Gasteiger partial charge on any atom is 0.269 e. The van der Waals surface area contributed by atoms with Crippen molar-refractivity contribution >= 4 is 12.0 Å². The molecule has 1 atom stereocenters. The Morgan fingerprint density at radius 3 is 2.86 bits per heavy atom. The van der Waals surface area contributed by atoms with Gasteiger partial charge < -0.3 is 4.79 Å². The Morgan fingerprint density at radius 2 is 2.29 bits per heavy atom. The lowest BCUT2D eigenvalue weighted by Crippen LogP contribution is -1.96. The molecule has 0 N–H and O–H groups in total. The average molecular weight is 193 g/mol. The first-order chi connectivity index (χ1) is 6.65. The summed E-state index contributed by atoms with van der Waals surface area (Å²) in [7, 11) is 0. The van der Waals surface area contributed by atoms with Gasteiger partial charge >= 0.3 is 0 Å². The Bertz CT molecular complexity index is 349. The van der Waals surface area contributed by atoms with Gasteiger partial charge in [0.15, 0.2) is 0 Å². The maximum absolute atomic E-state index is 10.5. The van der Waals surface area contributed by atoms with Crippen LogP contribution in [0.3, 0.4) is 0 Å². The fourth-order valence-electron chi connectivity index (χ4n) is 1.23. The molecule has 0 bridgehead atoms. The van der Waals surface area contributed by atoms with Crippen molar-refractivity contribution in [3.8, 4) is 0 Å². The van der Waals surface area contributed by atoms with Crippen molar-refractivity contribution in [2.45, 2.75) is 19.3 Å². The predicted octanol–water partition coefficient (Wildman–Crippen LogP) is 2.29. The van der Waals surface area contributed by atoms with E-state index in [4.69, 9.17) is 0 Å². The van der Waals surface area contributed by atoms with Crippen LogP contribution < -0.4 is 0 Å². The molecule has 0 saturated carbocycles. The molecule has 1 unspecified atom stereocenters. The van der Waals surface area contributed by atoms with Crippen molar-refractivity contribution in [3.05, 3.63) is 39.9 Å². The number of non-ortho nitro benzene ring substituents is 1. The molecule has 0 fully saturated rings. The number of carbonyl (C=O) groups excluding carboxylic acids is 1. The zero-order valence-electron chi connectivity index (χ0n) is 7.84. The average Bonchev–Trinajstić information content (AvgIpc) is 2.18. The van der Waals surface area contributed by atoms with Gasteiger partial charge in [-0.15, -0.1) is 0 Å². The lowest BCUT2D eigenvalue weighted by molar-refractivity contribution is -0.384. The van der Waals surface area contributed by atoms with Crippen LogP contribution in [0.5, 0.6) is 0 Å². The van der Waals surface area contributed by atoms with E-state index in [1.54, 1.807) is 12.1 Å². The number of nitro groups is 1. The number of nitrogens with zero attached hydrogens (tertiary/aromatic N) is 1. The van der Waals surface area contributed by atoms with E-state index in [9.17, 15) is 14.9 Å². The van der Waals surface area contributed by atoms with E-state index < -0.39 is 4.92 Å². The second-order valence-electron chi connectivity index (χ2n) is 3.16. The lowest BCUT2D eigenvalue weighted by Gasteiger charge is -2.06. The summed E-state index contributed by atoms with van der Waals surface area (Å²) >= 11 is 0. The molecule has 0 radical (unpaired) electrons. The molecule has 1 aromatic carbocycles. The first-order valence-electron chi connectivity index (χ1n) is 4.33. The highest BCUT2D eigenvalue weighted by molar-refractivity contribution is 5.52. The van der Waals surface area contributed by atoms with Gasteiger partial charge in [0.25, 0.3) is 5.69 Å². The van der Waals surface area contributed by atoms with E-state index in [1.165, 1.54) is 12.1 Å². The molecule has 0 aromatic heterocycles. The third-order valence-corrected chi connectivity index (χ3v) is 2.10. The monoisotopic (exact) mass is 193 g/mol.